The Morgan fingerprint density at radius 2 is 0.571 bits per heavy atom. The summed E-state index contributed by atoms with van der Waals surface area (Å²) in [4.78, 5) is 0. The van der Waals surface area contributed by atoms with E-state index in [-0.39, 0.29) is 22.3 Å². The third-order valence-electron chi connectivity index (χ3n) is 8.11. The summed E-state index contributed by atoms with van der Waals surface area (Å²) >= 11 is 0. The lowest BCUT2D eigenvalue weighted by Gasteiger charge is -2.48. The molecule has 0 aliphatic heterocycles. The number of alkyl halides is 8. The monoisotopic (exact) mass is 404 g/mol. The summed E-state index contributed by atoms with van der Waals surface area (Å²) in [7, 11) is 0. The minimum atomic E-state index is -4.45. The molecule has 9 aliphatic carbocycles. The molecule has 0 amide bonds. The van der Waals surface area contributed by atoms with Gasteiger partial charge in [0, 0.05) is 22.3 Å². The van der Waals surface area contributed by atoms with E-state index in [2.05, 4.69) is 0 Å². The van der Waals surface area contributed by atoms with E-state index >= 15 is 0 Å². The zero-order valence-electron chi connectivity index (χ0n) is 14.2. The molecule has 148 valence electrons. The number of halogens is 8. The van der Waals surface area contributed by atoms with Gasteiger partial charge in [0.1, 0.15) is 0 Å². The van der Waals surface area contributed by atoms with E-state index in [1.807, 2.05) is 0 Å². The Balaban J connectivity index is 1.63. The molecule has 4 bridgehead atoms. The quantitative estimate of drug-likeness (QED) is 0.446. The maximum absolute atomic E-state index is 14.6. The molecule has 0 aromatic rings. The van der Waals surface area contributed by atoms with E-state index in [9.17, 15) is 35.1 Å². The zero-order valence-corrected chi connectivity index (χ0v) is 14.2. The van der Waals surface area contributed by atoms with Crippen LogP contribution in [0.2, 0.25) is 0 Å². The van der Waals surface area contributed by atoms with Crippen molar-refractivity contribution in [1.29, 1.82) is 0 Å². The second-order valence-corrected chi connectivity index (χ2v) is 9.18. The topological polar surface area (TPSA) is 0 Å². The Morgan fingerprint density at radius 1 is 0.393 bits per heavy atom. The molecule has 2 saturated carbocycles. The standard InChI is InChI=1S/C20H12F8/c21-17(22)13-9-5-1-6(2-5)10(9)14-16(20(27,28)18(14,23)24)12-8-3-7(4-8)11(12)15(13)19(17,25)26/h5-8H,1-4H2. The molecule has 0 aromatic heterocycles. The summed E-state index contributed by atoms with van der Waals surface area (Å²) in [5.41, 5.74) is -4.09. The molecule has 0 N–H and O–H groups in total. The minimum Gasteiger partial charge on any atom is -0.194 e. The second kappa shape index (κ2) is 3.88. The Bertz CT molecular complexity index is 878. The average Bonchev–Trinajstić information content (AvgIpc) is 3.19. The fourth-order valence-electron chi connectivity index (χ4n) is 6.76. The van der Waals surface area contributed by atoms with Crippen molar-refractivity contribution in [1.82, 2.24) is 0 Å². The lowest BCUT2D eigenvalue weighted by atomic mass is 9.64. The normalized spacial score (nSPS) is 43.7. The van der Waals surface area contributed by atoms with Crippen LogP contribution in [0.15, 0.2) is 44.6 Å². The van der Waals surface area contributed by atoms with Crippen LogP contribution in [0.1, 0.15) is 25.7 Å². The molecule has 0 radical (unpaired) electrons. The first-order valence-corrected chi connectivity index (χ1v) is 9.43. The van der Waals surface area contributed by atoms with Crippen LogP contribution < -0.4 is 0 Å². The average molecular weight is 404 g/mol. The SMILES string of the molecule is FC1(F)C2=C(C3=C(C4=C(C5=C2C2CC5C2)C(F)(F)C4(F)F)C2CC3C2)C1(F)F. The van der Waals surface area contributed by atoms with E-state index in [1.165, 1.54) is 0 Å². The fraction of sp³-hybridized carbons (Fsp3) is 0.600. The summed E-state index contributed by atoms with van der Waals surface area (Å²) < 4.78 is 117. The number of rotatable bonds is 0. The molecule has 2 fully saturated rings. The molecule has 8 heteroatoms. The van der Waals surface area contributed by atoms with E-state index in [0.717, 1.165) is 0 Å². The van der Waals surface area contributed by atoms with Crippen molar-refractivity contribution in [2.45, 2.75) is 49.4 Å². The molecule has 0 unspecified atom stereocenters. The summed E-state index contributed by atoms with van der Waals surface area (Å²) in [5, 5.41) is 0. The van der Waals surface area contributed by atoms with Crippen molar-refractivity contribution in [3.63, 3.8) is 0 Å². The molecule has 0 nitrogen and oxygen atoms in total. The summed E-state index contributed by atoms with van der Waals surface area (Å²) in [6.45, 7) is 0. The van der Waals surface area contributed by atoms with Crippen molar-refractivity contribution in [3.05, 3.63) is 44.6 Å². The number of hydrogen-bond donors (Lipinski definition) is 0. The Labute approximate surface area is 153 Å². The van der Waals surface area contributed by atoms with Gasteiger partial charge in [0.2, 0.25) is 0 Å². The highest BCUT2D eigenvalue weighted by Gasteiger charge is 2.80. The second-order valence-electron chi connectivity index (χ2n) is 9.18. The van der Waals surface area contributed by atoms with Crippen molar-refractivity contribution in [2.24, 2.45) is 23.7 Å². The minimum absolute atomic E-state index is 0.186. The molecule has 0 aromatic carbocycles. The Kier molecular flexibility index (Phi) is 2.25. The van der Waals surface area contributed by atoms with E-state index < -0.39 is 69.7 Å². The van der Waals surface area contributed by atoms with Crippen molar-refractivity contribution in [3.8, 4) is 0 Å². The lowest BCUT2D eigenvalue weighted by Crippen LogP contribution is -2.58. The molecule has 0 saturated heterocycles. The fourth-order valence-corrected chi connectivity index (χ4v) is 6.76. The summed E-state index contributed by atoms with van der Waals surface area (Å²) in [5.74, 6) is -19.9. The van der Waals surface area contributed by atoms with Gasteiger partial charge in [0.25, 0.3) is 0 Å². The van der Waals surface area contributed by atoms with Crippen LogP contribution in [-0.4, -0.2) is 23.7 Å². The van der Waals surface area contributed by atoms with Gasteiger partial charge in [-0.15, -0.1) is 0 Å². The molecule has 9 aliphatic rings. The van der Waals surface area contributed by atoms with Crippen molar-refractivity contribution in [2.75, 3.05) is 0 Å². The zero-order chi connectivity index (χ0) is 19.8. The summed E-state index contributed by atoms with van der Waals surface area (Å²) in [6, 6.07) is 0. The summed E-state index contributed by atoms with van der Waals surface area (Å²) in [6.07, 6.45) is 1.16. The van der Waals surface area contributed by atoms with Gasteiger partial charge in [-0.05, 0) is 71.6 Å². The first-order chi connectivity index (χ1) is 12.9. The highest BCUT2D eigenvalue weighted by Crippen LogP contribution is 2.76. The van der Waals surface area contributed by atoms with Gasteiger partial charge in [0.05, 0.1) is 0 Å². The predicted molar refractivity (Wildman–Crippen MR) is 80.3 cm³/mol. The molecular weight excluding hydrogens is 392 g/mol. The predicted octanol–water partition coefficient (Wildman–Crippen LogP) is 5.83. The van der Waals surface area contributed by atoms with Crippen LogP contribution >= 0.6 is 0 Å². The number of allylic oxidation sites excluding steroid dienone is 8. The van der Waals surface area contributed by atoms with E-state index in [4.69, 9.17) is 0 Å². The van der Waals surface area contributed by atoms with Crippen LogP contribution in [0.25, 0.3) is 0 Å². The van der Waals surface area contributed by atoms with Gasteiger partial charge in [-0.25, -0.2) is 0 Å². The maximum atomic E-state index is 14.6. The highest BCUT2D eigenvalue weighted by molar-refractivity contribution is 5.79. The van der Waals surface area contributed by atoms with Gasteiger partial charge in [0.15, 0.2) is 0 Å². The van der Waals surface area contributed by atoms with Gasteiger partial charge in [-0.3, -0.25) is 0 Å². The number of hydrogen-bond acceptors (Lipinski definition) is 0. The first-order valence-electron chi connectivity index (χ1n) is 9.43. The third-order valence-corrected chi connectivity index (χ3v) is 8.11. The maximum Gasteiger partial charge on any atom is 0.340 e. The molecule has 0 atom stereocenters. The van der Waals surface area contributed by atoms with Gasteiger partial charge in [-0.2, -0.15) is 35.1 Å². The molecular formula is C20H12F8. The Hall–Kier alpha value is -1.60. The van der Waals surface area contributed by atoms with Crippen molar-refractivity contribution < 1.29 is 35.1 Å². The largest absolute Gasteiger partial charge is 0.340 e. The van der Waals surface area contributed by atoms with Crippen LogP contribution in [0.5, 0.6) is 0 Å². The molecule has 0 heterocycles. The highest BCUT2D eigenvalue weighted by atomic mass is 19.3. The molecule has 9 rings (SSSR count). The van der Waals surface area contributed by atoms with Gasteiger partial charge in [-0.1, -0.05) is 0 Å². The van der Waals surface area contributed by atoms with Crippen LogP contribution in [-0.2, 0) is 0 Å². The molecule has 0 spiro atoms. The third kappa shape index (κ3) is 1.23. The van der Waals surface area contributed by atoms with Gasteiger partial charge >= 0.3 is 23.7 Å². The Morgan fingerprint density at radius 3 is 0.750 bits per heavy atom. The lowest BCUT2D eigenvalue weighted by molar-refractivity contribution is -0.190. The van der Waals surface area contributed by atoms with E-state index in [0.29, 0.717) is 25.7 Å². The first kappa shape index (κ1) is 16.2. The van der Waals surface area contributed by atoms with Crippen LogP contribution in [0.3, 0.4) is 0 Å². The van der Waals surface area contributed by atoms with Gasteiger partial charge < -0.3 is 0 Å². The smallest absolute Gasteiger partial charge is 0.194 e. The van der Waals surface area contributed by atoms with Crippen LogP contribution in [0.4, 0.5) is 35.1 Å². The van der Waals surface area contributed by atoms with Crippen LogP contribution in [0, 0.1) is 23.7 Å². The van der Waals surface area contributed by atoms with E-state index in [1.54, 1.807) is 0 Å². The molecule has 28 heavy (non-hydrogen) atoms. The van der Waals surface area contributed by atoms with Crippen molar-refractivity contribution >= 4 is 0 Å².